The van der Waals surface area contributed by atoms with Crippen LogP contribution in [0.2, 0.25) is 0 Å². The summed E-state index contributed by atoms with van der Waals surface area (Å²) in [6.45, 7) is 3.57. The molecule has 0 aromatic carbocycles. The SMILES string of the molecule is COCN(CCO)c1nc(C2CCC(C)CC2)nc(N(COC)COC)n1. The molecule has 0 unspecified atom stereocenters. The Morgan fingerprint density at radius 2 is 1.37 bits per heavy atom. The average molecular weight is 383 g/mol. The molecule has 0 aliphatic heterocycles. The zero-order valence-electron chi connectivity index (χ0n) is 16.9. The summed E-state index contributed by atoms with van der Waals surface area (Å²) in [6, 6.07) is 0. The van der Waals surface area contributed by atoms with E-state index in [0.717, 1.165) is 24.6 Å². The van der Waals surface area contributed by atoms with Crippen molar-refractivity contribution in [1.82, 2.24) is 15.0 Å². The molecule has 0 radical (unpaired) electrons. The number of hydrogen-bond donors (Lipinski definition) is 1. The maximum absolute atomic E-state index is 9.40. The first-order valence-electron chi connectivity index (χ1n) is 9.46. The number of hydrogen-bond acceptors (Lipinski definition) is 9. The molecule has 1 saturated carbocycles. The summed E-state index contributed by atoms with van der Waals surface area (Å²) in [5, 5.41) is 9.40. The Kier molecular flexibility index (Phi) is 9.12. The molecule has 1 aromatic rings. The van der Waals surface area contributed by atoms with Gasteiger partial charge in [-0.15, -0.1) is 0 Å². The first-order chi connectivity index (χ1) is 13.1. The number of aliphatic hydroxyl groups excluding tert-OH is 1. The molecule has 1 aliphatic rings. The fourth-order valence-electron chi connectivity index (χ4n) is 3.32. The molecule has 1 aromatic heterocycles. The minimum Gasteiger partial charge on any atom is -0.395 e. The second kappa shape index (κ2) is 11.3. The zero-order chi connectivity index (χ0) is 19.6. The highest BCUT2D eigenvalue weighted by Crippen LogP contribution is 2.34. The maximum atomic E-state index is 9.40. The van der Waals surface area contributed by atoms with Crippen LogP contribution in [-0.4, -0.2) is 74.7 Å². The van der Waals surface area contributed by atoms with Gasteiger partial charge in [0, 0.05) is 33.8 Å². The van der Waals surface area contributed by atoms with Crippen LogP contribution in [-0.2, 0) is 14.2 Å². The number of methoxy groups -OCH3 is 3. The Labute approximate surface area is 161 Å². The van der Waals surface area contributed by atoms with E-state index in [2.05, 4.69) is 11.9 Å². The van der Waals surface area contributed by atoms with E-state index < -0.39 is 0 Å². The Morgan fingerprint density at radius 3 is 1.89 bits per heavy atom. The average Bonchev–Trinajstić information content (AvgIpc) is 2.68. The van der Waals surface area contributed by atoms with Crippen molar-refractivity contribution in [2.45, 2.75) is 38.5 Å². The molecule has 1 heterocycles. The van der Waals surface area contributed by atoms with Gasteiger partial charge in [0.25, 0.3) is 0 Å². The molecule has 1 fully saturated rings. The summed E-state index contributed by atoms with van der Waals surface area (Å²) < 4.78 is 15.8. The minimum absolute atomic E-state index is 0.0134. The standard InChI is InChI=1S/C18H33N5O4/c1-14-5-7-15(8-6-14)16-19-17(22(9-10-24)11-25-2)21-18(20-16)23(12-26-3)13-27-4/h14-15,24H,5-13H2,1-4H3. The first-order valence-corrected chi connectivity index (χ1v) is 9.46. The fourth-order valence-corrected chi connectivity index (χ4v) is 3.32. The Bertz CT molecular complexity index is 508. The van der Waals surface area contributed by atoms with Crippen molar-refractivity contribution in [3.8, 4) is 0 Å². The highest BCUT2D eigenvalue weighted by Gasteiger charge is 2.25. The molecule has 0 spiro atoms. The van der Waals surface area contributed by atoms with Crippen molar-refractivity contribution >= 4 is 11.9 Å². The Morgan fingerprint density at radius 1 is 0.852 bits per heavy atom. The third-order valence-electron chi connectivity index (χ3n) is 4.80. The smallest absolute Gasteiger partial charge is 0.234 e. The lowest BCUT2D eigenvalue weighted by atomic mass is 9.82. The van der Waals surface area contributed by atoms with E-state index >= 15 is 0 Å². The van der Waals surface area contributed by atoms with Gasteiger partial charge in [-0.1, -0.05) is 19.8 Å². The molecule has 1 aliphatic carbocycles. The fraction of sp³-hybridized carbons (Fsp3) is 0.833. The van der Waals surface area contributed by atoms with E-state index in [9.17, 15) is 5.11 Å². The molecule has 2 rings (SSSR count). The number of aliphatic hydroxyl groups is 1. The summed E-state index contributed by atoms with van der Waals surface area (Å²) in [5.74, 6) is 2.86. The van der Waals surface area contributed by atoms with E-state index in [0.29, 0.717) is 44.6 Å². The topological polar surface area (TPSA) is 93.1 Å². The van der Waals surface area contributed by atoms with E-state index in [-0.39, 0.29) is 6.61 Å². The molecule has 154 valence electrons. The van der Waals surface area contributed by atoms with Gasteiger partial charge in [0.15, 0.2) is 0 Å². The van der Waals surface area contributed by atoms with Crippen molar-refractivity contribution < 1.29 is 19.3 Å². The van der Waals surface area contributed by atoms with E-state index in [4.69, 9.17) is 24.2 Å². The third-order valence-corrected chi connectivity index (χ3v) is 4.80. The Balaban J connectivity index is 2.38. The van der Waals surface area contributed by atoms with Gasteiger partial charge in [-0.05, 0) is 18.8 Å². The van der Waals surface area contributed by atoms with E-state index in [1.165, 1.54) is 12.8 Å². The zero-order valence-corrected chi connectivity index (χ0v) is 16.9. The highest BCUT2D eigenvalue weighted by atomic mass is 16.5. The van der Waals surface area contributed by atoms with Crippen LogP contribution in [0.5, 0.6) is 0 Å². The van der Waals surface area contributed by atoms with Crippen LogP contribution in [0, 0.1) is 5.92 Å². The summed E-state index contributed by atoms with van der Waals surface area (Å²) >= 11 is 0. The van der Waals surface area contributed by atoms with Crippen molar-refractivity contribution in [1.29, 1.82) is 0 Å². The maximum Gasteiger partial charge on any atom is 0.234 e. The number of rotatable bonds is 11. The van der Waals surface area contributed by atoms with Gasteiger partial charge in [0.2, 0.25) is 11.9 Å². The first kappa shape index (κ1) is 21.7. The van der Waals surface area contributed by atoms with Crippen LogP contribution in [0.3, 0.4) is 0 Å². The lowest BCUT2D eigenvalue weighted by Crippen LogP contribution is -2.34. The molecular weight excluding hydrogens is 350 g/mol. The quantitative estimate of drug-likeness (QED) is 0.572. The lowest BCUT2D eigenvalue weighted by molar-refractivity contribution is 0.138. The second-order valence-electron chi connectivity index (χ2n) is 7.03. The van der Waals surface area contributed by atoms with E-state index in [1.54, 1.807) is 26.2 Å². The molecule has 0 atom stereocenters. The molecule has 0 bridgehead atoms. The summed E-state index contributed by atoms with van der Waals surface area (Å²) in [7, 11) is 4.85. The van der Waals surface area contributed by atoms with Gasteiger partial charge in [0.05, 0.1) is 6.61 Å². The van der Waals surface area contributed by atoms with Crippen molar-refractivity contribution in [2.24, 2.45) is 5.92 Å². The van der Waals surface area contributed by atoms with Crippen molar-refractivity contribution in [3.05, 3.63) is 5.82 Å². The largest absolute Gasteiger partial charge is 0.395 e. The monoisotopic (exact) mass is 383 g/mol. The highest BCUT2D eigenvalue weighted by molar-refractivity contribution is 5.39. The van der Waals surface area contributed by atoms with Gasteiger partial charge in [-0.25, -0.2) is 0 Å². The molecule has 9 heteroatoms. The predicted molar refractivity (Wildman–Crippen MR) is 103 cm³/mol. The van der Waals surface area contributed by atoms with Crippen LogP contribution in [0.15, 0.2) is 0 Å². The van der Waals surface area contributed by atoms with Crippen LogP contribution in [0.1, 0.15) is 44.3 Å². The minimum atomic E-state index is -0.0134. The number of ether oxygens (including phenoxy) is 3. The van der Waals surface area contributed by atoms with Crippen LogP contribution < -0.4 is 9.80 Å². The van der Waals surface area contributed by atoms with Crippen molar-refractivity contribution in [3.63, 3.8) is 0 Å². The van der Waals surface area contributed by atoms with Gasteiger partial charge in [-0.2, -0.15) is 15.0 Å². The molecule has 0 saturated heterocycles. The van der Waals surface area contributed by atoms with Crippen LogP contribution in [0.25, 0.3) is 0 Å². The third kappa shape index (κ3) is 6.24. The van der Waals surface area contributed by atoms with Gasteiger partial charge in [0.1, 0.15) is 26.0 Å². The lowest BCUT2D eigenvalue weighted by Gasteiger charge is -2.28. The molecule has 27 heavy (non-hydrogen) atoms. The van der Waals surface area contributed by atoms with Gasteiger partial charge in [-0.3, -0.25) is 4.90 Å². The van der Waals surface area contributed by atoms with E-state index in [1.807, 2.05) is 4.90 Å². The normalized spacial score (nSPS) is 19.9. The number of nitrogens with zero attached hydrogens (tertiary/aromatic N) is 5. The molecule has 9 nitrogen and oxygen atoms in total. The predicted octanol–water partition coefficient (Wildman–Crippen LogP) is 1.58. The summed E-state index contributed by atoms with van der Waals surface area (Å²) in [6.07, 6.45) is 4.50. The number of anilines is 2. The summed E-state index contributed by atoms with van der Waals surface area (Å²) in [4.78, 5) is 17.7. The van der Waals surface area contributed by atoms with Gasteiger partial charge >= 0.3 is 0 Å². The van der Waals surface area contributed by atoms with Crippen LogP contribution in [0.4, 0.5) is 11.9 Å². The number of aromatic nitrogens is 3. The summed E-state index contributed by atoms with van der Waals surface area (Å²) in [5.41, 5.74) is 0. The van der Waals surface area contributed by atoms with Gasteiger partial charge < -0.3 is 24.2 Å². The molecular formula is C18H33N5O4. The Hall–Kier alpha value is -1.55. The van der Waals surface area contributed by atoms with Crippen molar-refractivity contribution in [2.75, 3.05) is 64.5 Å². The molecule has 1 N–H and O–H groups in total. The second-order valence-corrected chi connectivity index (χ2v) is 7.03. The van der Waals surface area contributed by atoms with Crippen LogP contribution >= 0.6 is 0 Å². The molecule has 0 amide bonds.